The van der Waals surface area contributed by atoms with Crippen LogP contribution >= 0.6 is 23.2 Å². The molecule has 1 fully saturated rings. The fourth-order valence-electron chi connectivity index (χ4n) is 3.03. The van der Waals surface area contributed by atoms with Crippen molar-refractivity contribution in [3.8, 4) is 0 Å². The highest BCUT2D eigenvalue weighted by Gasteiger charge is 2.29. The number of rotatable bonds is 5. The molecule has 0 N–H and O–H groups in total. The molecule has 0 unspecified atom stereocenters. The standard InChI is InChI=1S/C17H22Cl2N2O3S/c1-3-21(25(2,23)24)14-8-10-20(11-9-14)17(22)7-5-13-4-6-15(18)16(19)12-13/h4-7,12,14H,3,8-11H2,1-2H3. The van der Waals surface area contributed by atoms with E-state index in [2.05, 4.69) is 0 Å². The first kappa shape index (κ1) is 20.2. The number of carbonyl (C=O) groups excluding carboxylic acids is 1. The lowest BCUT2D eigenvalue weighted by Crippen LogP contribution is -2.48. The summed E-state index contributed by atoms with van der Waals surface area (Å²) in [7, 11) is -3.21. The van der Waals surface area contributed by atoms with Crippen LogP contribution in [0.1, 0.15) is 25.3 Å². The monoisotopic (exact) mass is 404 g/mol. The van der Waals surface area contributed by atoms with Gasteiger partial charge in [-0.2, -0.15) is 4.31 Å². The maximum absolute atomic E-state index is 12.3. The van der Waals surface area contributed by atoms with Gasteiger partial charge in [-0.15, -0.1) is 0 Å². The zero-order valence-corrected chi connectivity index (χ0v) is 16.6. The Morgan fingerprint density at radius 1 is 1.28 bits per heavy atom. The van der Waals surface area contributed by atoms with Crippen LogP contribution in [0.15, 0.2) is 24.3 Å². The second-order valence-corrected chi connectivity index (χ2v) is 8.78. The van der Waals surface area contributed by atoms with Crippen LogP contribution in [0.5, 0.6) is 0 Å². The molecule has 0 aromatic heterocycles. The summed E-state index contributed by atoms with van der Waals surface area (Å²) in [6.45, 7) is 3.37. The van der Waals surface area contributed by atoms with Crippen molar-refractivity contribution in [2.24, 2.45) is 0 Å². The number of sulfonamides is 1. The number of likely N-dealkylation sites (tertiary alicyclic amines) is 1. The van der Waals surface area contributed by atoms with Crippen LogP contribution in [-0.4, -0.2) is 55.5 Å². The molecule has 8 heteroatoms. The van der Waals surface area contributed by atoms with Crippen LogP contribution in [0.3, 0.4) is 0 Å². The summed E-state index contributed by atoms with van der Waals surface area (Å²) in [5.41, 5.74) is 0.798. The summed E-state index contributed by atoms with van der Waals surface area (Å²) < 4.78 is 25.1. The van der Waals surface area contributed by atoms with Gasteiger partial charge in [0, 0.05) is 31.8 Å². The minimum Gasteiger partial charge on any atom is -0.339 e. The molecule has 1 saturated heterocycles. The normalized spacial score (nSPS) is 16.8. The Morgan fingerprint density at radius 3 is 2.44 bits per heavy atom. The van der Waals surface area contributed by atoms with Gasteiger partial charge in [0.2, 0.25) is 15.9 Å². The van der Waals surface area contributed by atoms with Gasteiger partial charge in [0.1, 0.15) is 0 Å². The van der Waals surface area contributed by atoms with Crippen molar-refractivity contribution in [1.29, 1.82) is 0 Å². The Hall–Kier alpha value is -1.08. The van der Waals surface area contributed by atoms with Crippen molar-refractivity contribution in [1.82, 2.24) is 9.21 Å². The van der Waals surface area contributed by atoms with Crippen LogP contribution in [0.25, 0.3) is 6.08 Å². The van der Waals surface area contributed by atoms with Crippen molar-refractivity contribution in [3.05, 3.63) is 39.9 Å². The third-order valence-electron chi connectivity index (χ3n) is 4.28. The van der Waals surface area contributed by atoms with E-state index in [0.29, 0.717) is 42.5 Å². The van der Waals surface area contributed by atoms with Crippen molar-refractivity contribution >= 4 is 45.2 Å². The molecule has 1 aliphatic rings. The highest BCUT2D eigenvalue weighted by Crippen LogP contribution is 2.23. The van der Waals surface area contributed by atoms with E-state index in [1.165, 1.54) is 16.6 Å². The molecule has 1 heterocycles. The molecule has 1 aliphatic heterocycles. The average molecular weight is 405 g/mol. The molecule has 138 valence electrons. The van der Waals surface area contributed by atoms with Crippen molar-refractivity contribution in [3.63, 3.8) is 0 Å². The topological polar surface area (TPSA) is 57.7 Å². The predicted molar refractivity (Wildman–Crippen MR) is 102 cm³/mol. The lowest BCUT2D eigenvalue weighted by Gasteiger charge is -2.36. The lowest BCUT2D eigenvalue weighted by atomic mass is 10.0. The summed E-state index contributed by atoms with van der Waals surface area (Å²) >= 11 is 11.8. The molecule has 0 radical (unpaired) electrons. The highest BCUT2D eigenvalue weighted by atomic mass is 35.5. The van der Waals surface area contributed by atoms with E-state index >= 15 is 0 Å². The van der Waals surface area contributed by atoms with E-state index < -0.39 is 10.0 Å². The number of hydrogen-bond acceptors (Lipinski definition) is 3. The molecule has 1 aromatic carbocycles. The van der Waals surface area contributed by atoms with Gasteiger partial charge in [0.15, 0.2) is 0 Å². The molecule has 5 nitrogen and oxygen atoms in total. The Kier molecular flexibility index (Phi) is 6.91. The smallest absolute Gasteiger partial charge is 0.246 e. The molecular weight excluding hydrogens is 383 g/mol. The van der Waals surface area contributed by atoms with E-state index in [-0.39, 0.29) is 11.9 Å². The highest BCUT2D eigenvalue weighted by molar-refractivity contribution is 7.88. The Morgan fingerprint density at radius 2 is 1.92 bits per heavy atom. The lowest BCUT2D eigenvalue weighted by molar-refractivity contribution is -0.127. The van der Waals surface area contributed by atoms with E-state index in [0.717, 1.165) is 5.56 Å². The van der Waals surface area contributed by atoms with Gasteiger partial charge in [0.05, 0.1) is 16.3 Å². The summed E-state index contributed by atoms with van der Waals surface area (Å²) in [5, 5.41) is 0.913. The first-order chi connectivity index (χ1) is 11.7. The van der Waals surface area contributed by atoms with Gasteiger partial charge in [-0.25, -0.2) is 8.42 Å². The number of nitrogens with zero attached hydrogens (tertiary/aromatic N) is 2. The average Bonchev–Trinajstić information content (AvgIpc) is 2.55. The largest absolute Gasteiger partial charge is 0.339 e. The molecule has 2 rings (SSSR count). The van der Waals surface area contributed by atoms with E-state index in [1.54, 1.807) is 29.2 Å². The Balaban J connectivity index is 1.95. The molecular formula is C17H22Cl2N2O3S. The van der Waals surface area contributed by atoms with E-state index in [4.69, 9.17) is 23.2 Å². The summed E-state index contributed by atoms with van der Waals surface area (Å²) in [5.74, 6) is -0.0908. The second-order valence-electron chi connectivity index (χ2n) is 6.03. The van der Waals surface area contributed by atoms with Crippen LogP contribution in [0.2, 0.25) is 10.0 Å². The van der Waals surface area contributed by atoms with Gasteiger partial charge < -0.3 is 4.90 Å². The van der Waals surface area contributed by atoms with Crippen LogP contribution in [0.4, 0.5) is 0 Å². The van der Waals surface area contributed by atoms with Gasteiger partial charge in [-0.3, -0.25) is 4.79 Å². The van der Waals surface area contributed by atoms with Crippen molar-refractivity contribution in [2.75, 3.05) is 25.9 Å². The molecule has 25 heavy (non-hydrogen) atoms. The summed E-state index contributed by atoms with van der Waals surface area (Å²) in [6.07, 6.45) is 5.73. The van der Waals surface area contributed by atoms with Gasteiger partial charge >= 0.3 is 0 Å². The van der Waals surface area contributed by atoms with Gasteiger partial charge in [-0.1, -0.05) is 36.2 Å². The van der Waals surface area contributed by atoms with Crippen LogP contribution < -0.4 is 0 Å². The molecule has 0 atom stereocenters. The number of hydrogen-bond donors (Lipinski definition) is 0. The molecule has 1 aromatic rings. The molecule has 0 saturated carbocycles. The summed E-state index contributed by atoms with van der Waals surface area (Å²) in [4.78, 5) is 14.1. The minimum absolute atomic E-state index is 0.0388. The number of halogens is 2. The van der Waals surface area contributed by atoms with Gasteiger partial charge in [0.25, 0.3) is 0 Å². The zero-order chi connectivity index (χ0) is 18.6. The summed E-state index contributed by atoms with van der Waals surface area (Å²) in [6, 6.07) is 5.13. The number of piperidine rings is 1. The van der Waals surface area contributed by atoms with Crippen LogP contribution in [-0.2, 0) is 14.8 Å². The van der Waals surface area contributed by atoms with E-state index in [9.17, 15) is 13.2 Å². The third-order valence-corrected chi connectivity index (χ3v) is 6.43. The first-order valence-corrected chi connectivity index (χ1v) is 10.7. The fraction of sp³-hybridized carbons (Fsp3) is 0.471. The first-order valence-electron chi connectivity index (χ1n) is 8.11. The molecule has 0 spiro atoms. The predicted octanol–water partition coefficient (Wildman–Crippen LogP) is 3.28. The third kappa shape index (κ3) is 5.45. The van der Waals surface area contributed by atoms with Crippen LogP contribution in [0, 0.1) is 0 Å². The number of carbonyl (C=O) groups is 1. The maximum atomic E-state index is 12.3. The number of amides is 1. The quantitative estimate of drug-likeness (QED) is 0.707. The molecule has 0 aliphatic carbocycles. The number of benzene rings is 1. The SMILES string of the molecule is CCN(C1CCN(C(=O)C=Cc2ccc(Cl)c(Cl)c2)CC1)S(C)(=O)=O. The molecule has 1 amide bonds. The second kappa shape index (κ2) is 8.54. The zero-order valence-electron chi connectivity index (χ0n) is 14.3. The Labute approximate surface area is 159 Å². The maximum Gasteiger partial charge on any atom is 0.246 e. The van der Waals surface area contributed by atoms with Crippen molar-refractivity contribution in [2.45, 2.75) is 25.8 Å². The van der Waals surface area contributed by atoms with Gasteiger partial charge in [-0.05, 0) is 36.6 Å². The molecule has 0 bridgehead atoms. The fourth-order valence-corrected chi connectivity index (χ4v) is 4.55. The van der Waals surface area contributed by atoms with Crippen molar-refractivity contribution < 1.29 is 13.2 Å². The van der Waals surface area contributed by atoms with E-state index in [1.807, 2.05) is 6.92 Å². The minimum atomic E-state index is -3.21. The Bertz CT molecular complexity index is 757.